The predicted molar refractivity (Wildman–Crippen MR) is 82.7 cm³/mol. The molecule has 3 heterocycles. The lowest BCUT2D eigenvalue weighted by Crippen LogP contribution is -2.25. The minimum atomic E-state index is -0.0734. The van der Waals surface area contributed by atoms with Crippen LogP contribution in [0.15, 0.2) is 10.6 Å². The average molecular weight is 317 g/mol. The summed E-state index contributed by atoms with van der Waals surface area (Å²) in [6, 6.07) is 2.11. The van der Waals surface area contributed by atoms with Gasteiger partial charge < -0.3 is 14.6 Å². The molecule has 2 fully saturated rings. The maximum atomic E-state index is 5.84. The monoisotopic (exact) mass is 317 g/mol. The van der Waals surface area contributed by atoms with Crippen molar-refractivity contribution in [3.8, 4) is 0 Å². The molecule has 0 radical (unpaired) electrons. The highest BCUT2D eigenvalue weighted by molar-refractivity contribution is 5.08. The van der Waals surface area contributed by atoms with Crippen molar-refractivity contribution in [1.82, 2.24) is 25.2 Å². The Balaban J connectivity index is 1.34. The summed E-state index contributed by atoms with van der Waals surface area (Å²) >= 11 is 0. The van der Waals surface area contributed by atoms with Gasteiger partial charge in [0.2, 0.25) is 0 Å². The molecule has 1 aliphatic carbocycles. The summed E-state index contributed by atoms with van der Waals surface area (Å²) in [5, 5.41) is 12.0. The summed E-state index contributed by atoms with van der Waals surface area (Å²) in [5.41, 5.74) is 2.23. The Morgan fingerprint density at radius 3 is 2.96 bits per heavy atom. The number of rotatable bonds is 6. The Labute approximate surface area is 135 Å². The summed E-state index contributed by atoms with van der Waals surface area (Å²) in [6.45, 7) is 4.44. The van der Waals surface area contributed by atoms with Crippen LogP contribution >= 0.6 is 0 Å². The predicted octanol–water partition coefficient (Wildman–Crippen LogP) is 1.86. The Morgan fingerprint density at radius 1 is 1.35 bits per heavy atom. The molecule has 23 heavy (non-hydrogen) atoms. The maximum absolute atomic E-state index is 5.84. The normalized spacial score (nSPS) is 24.4. The van der Waals surface area contributed by atoms with Crippen molar-refractivity contribution < 1.29 is 9.26 Å². The number of hydrogen-bond acceptors (Lipinski definition) is 6. The van der Waals surface area contributed by atoms with E-state index in [1.165, 1.54) is 18.5 Å². The molecule has 0 bridgehead atoms. The van der Waals surface area contributed by atoms with Crippen LogP contribution in [-0.4, -0.2) is 33.1 Å². The molecule has 0 spiro atoms. The van der Waals surface area contributed by atoms with Crippen LogP contribution in [0.2, 0.25) is 0 Å². The Kier molecular flexibility index (Phi) is 3.90. The Bertz CT molecular complexity index is 676. The van der Waals surface area contributed by atoms with Gasteiger partial charge in [0.15, 0.2) is 5.82 Å². The third-order valence-corrected chi connectivity index (χ3v) is 4.67. The summed E-state index contributed by atoms with van der Waals surface area (Å²) in [4.78, 5) is 4.54. The lowest BCUT2D eigenvalue weighted by atomic mass is 10.0. The number of nitrogens with zero attached hydrogens (tertiary/aromatic N) is 4. The first-order valence-corrected chi connectivity index (χ1v) is 8.36. The fourth-order valence-electron chi connectivity index (χ4n) is 3.20. The first-order chi connectivity index (χ1) is 11.2. The second-order valence-corrected chi connectivity index (χ2v) is 6.64. The van der Waals surface area contributed by atoms with Crippen LogP contribution in [0, 0.1) is 12.8 Å². The standard InChI is InChI=1S/C16H23N5O2/c1-10-7-13(21(2)19-10)9-17-8-12-5-6-22-14(12)16-18-15(20-23-16)11-3-4-11/h7,11-12,14,17H,3-6,8-9H2,1-2H3/t12-,14-/m0/s1. The van der Waals surface area contributed by atoms with Gasteiger partial charge in [-0.05, 0) is 32.3 Å². The van der Waals surface area contributed by atoms with E-state index in [-0.39, 0.29) is 6.10 Å². The number of ether oxygens (including phenoxy) is 1. The van der Waals surface area contributed by atoms with Gasteiger partial charge in [-0.1, -0.05) is 5.16 Å². The van der Waals surface area contributed by atoms with Crippen molar-refractivity contribution in [1.29, 1.82) is 0 Å². The third kappa shape index (κ3) is 3.16. The van der Waals surface area contributed by atoms with Gasteiger partial charge in [0.05, 0.1) is 11.4 Å². The molecule has 7 nitrogen and oxygen atoms in total. The molecule has 0 unspecified atom stereocenters. The number of aryl methyl sites for hydroxylation is 2. The average Bonchev–Trinajstić information content (AvgIpc) is 2.94. The molecular formula is C16H23N5O2. The van der Waals surface area contributed by atoms with Crippen LogP contribution in [0.4, 0.5) is 0 Å². The molecule has 0 aromatic carbocycles. The highest BCUT2D eigenvalue weighted by Gasteiger charge is 2.36. The number of aromatic nitrogens is 4. The SMILES string of the molecule is Cc1cc(CNC[C@@H]2CCO[C@@H]2c2nc(C3CC3)no2)n(C)n1. The minimum Gasteiger partial charge on any atom is -0.368 e. The van der Waals surface area contributed by atoms with Gasteiger partial charge >= 0.3 is 0 Å². The van der Waals surface area contributed by atoms with E-state index in [1.807, 2.05) is 18.7 Å². The van der Waals surface area contributed by atoms with E-state index >= 15 is 0 Å². The van der Waals surface area contributed by atoms with E-state index in [4.69, 9.17) is 9.26 Å². The second-order valence-electron chi connectivity index (χ2n) is 6.64. The van der Waals surface area contributed by atoms with E-state index in [1.54, 1.807) is 0 Å². The van der Waals surface area contributed by atoms with Gasteiger partial charge in [0, 0.05) is 38.6 Å². The highest BCUT2D eigenvalue weighted by Crippen LogP contribution is 2.40. The van der Waals surface area contributed by atoms with Gasteiger partial charge in [0.25, 0.3) is 5.89 Å². The third-order valence-electron chi connectivity index (χ3n) is 4.67. The smallest absolute Gasteiger partial charge is 0.256 e. The van der Waals surface area contributed by atoms with Gasteiger partial charge in [-0.15, -0.1) is 0 Å². The van der Waals surface area contributed by atoms with E-state index in [0.29, 0.717) is 17.7 Å². The molecule has 1 saturated heterocycles. The molecule has 2 aromatic rings. The molecule has 2 aliphatic rings. The molecule has 1 saturated carbocycles. The van der Waals surface area contributed by atoms with Gasteiger partial charge in [-0.25, -0.2) is 0 Å². The lowest BCUT2D eigenvalue weighted by Gasteiger charge is -2.15. The zero-order valence-corrected chi connectivity index (χ0v) is 13.7. The molecule has 0 amide bonds. The molecular weight excluding hydrogens is 294 g/mol. The summed E-state index contributed by atoms with van der Waals surface area (Å²) < 4.78 is 13.2. The first-order valence-electron chi connectivity index (χ1n) is 8.36. The Hall–Kier alpha value is -1.73. The van der Waals surface area contributed by atoms with Crippen molar-refractivity contribution in [2.75, 3.05) is 13.2 Å². The van der Waals surface area contributed by atoms with E-state index in [0.717, 1.165) is 37.6 Å². The number of nitrogens with one attached hydrogen (secondary N) is 1. The second kappa shape index (κ2) is 6.05. The number of hydrogen-bond donors (Lipinski definition) is 1. The quantitative estimate of drug-likeness (QED) is 0.876. The maximum Gasteiger partial charge on any atom is 0.256 e. The molecule has 7 heteroatoms. The molecule has 2 aromatic heterocycles. The van der Waals surface area contributed by atoms with Crippen LogP contribution < -0.4 is 5.32 Å². The molecule has 124 valence electrons. The van der Waals surface area contributed by atoms with Crippen LogP contribution in [0.1, 0.15) is 54.4 Å². The summed E-state index contributed by atoms with van der Waals surface area (Å²) in [6.07, 6.45) is 3.30. The first kappa shape index (κ1) is 14.8. The topological polar surface area (TPSA) is 78.0 Å². The van der Waals surface area contributed by atoms with Gasteiger partial charge in [-0.2, -0.15) is 10.1 Å². The van der Waals surface area contributed by atoms with Gasteiger partial charge in [-0.3, -0.25) is 4.68 Å². The van der Waals surface area contributed by atoms with Crippen molar-refractivity contribution in [2.45, 2.75) is 44.8 Å². The van der Waals surface area contributed by atoms with E-state index in [2.05, 4.69) is 26.6 Å². The highest BCUT2D eigenvalue weighted by atomic mass is 16.5. The van der Waals surface area contributed by atoms with E-state index < -0.39 is 0 Å². The van der Waals surface area contributed by atoms with Gasteiger partial charge in [0.1, 0.15) is 6.10 Å². The largest absolute Gasteiger partial charge is 0.368 e. The molecule has 1 N–H and O–H groups in total. The Morgan fingerprint density at radius 2 is 2.22 bits per heavy atom. The van der Waals surface area contributed by atoms with Crippen LogP contribution in [0.3, 0.4) is 0 Å². The van der Waals surface area contributed by atoms with Crippen molar-refractivity contribution in [2.24, 2.45) is 13.0 Å². The zero-order chi connectivity index (χ0) is 15.8. The summed E-state index contributed by atoms with van der Waals surface area (Å²) in [5.74, 6) is 2.38. The fourth-order valence-corrected chi connectivity index (χ4v) is 3.20. The van der Waals surface area contributed by atoms with E-state index in [9.17, 15) is 0 Å². The minimum absolute atomic E-state index is 0.0734. The van der Waals surface area contributed by atoms with Crippen LogP contribution in [0.5, 0.6) is 0 Å². The lowest BCUT2D eigenvalue weighted by molar-refractivity contribution is 0.0623. The molecule has 2 atom stereocenters. The van der Waals surface area contributed by atoms with Crippen LogP contribution in [-0.2, 0) is 18.3 Å². The molecule has 4 rings (SSSR count). The zero-order valence-electron chi connectivity index (χ0n) is 13.7. The van der Waals surface area contributed by atoms with Crippen molar-refractivity contribution >= 4 is 0 Å². The van der Waals surface area contributed by atoms with Crippen LogP contribution in [0.25, 0.3) is 0 Å². The van der Waals surface area contributed by atoms with Crippen molar-refractivity contribution in [3.05, 3.63) is 29.2 Å². The summed E-state index contributed by atoms with van der Waals surface area (Å²) in [7, 11) is 1.98. The van der Waals surface area contributed by atoms with Crippen molar-refractivity contribution in [3.63, 3.8) is 0 Å². The fraction of sp³-hybridized carbons (Fsp3) is 0.688. The molecule has 1 aliphatic heterocycles.